The number of ketones is 1. The number of ether oxygens (including phenoxy) is 1. The van der Waals surface area contributed by atoms with E-state index in [1.807, 2.05) is 6.92 Å². The summed E-state index contributed by atoms with van der Waals surface area (Å²) in [4.78, 5) is 12.1. The Balaban J connectivity index is 1.98. The van der Waals surface area contributed by atoms with Gasteiger partial charge in [-0.25, -0.2) is 0 Å². The summed E-state index contributed by atoms with van der Waals surface area (Å²) in [5.74, 6) is 0.573. The molecule has 1 spiro atoms. The summed E-state index contributed by atoms with van der Waals surface area (Å²) in [5.41, 5.74) is 5.62. The summed E-state index contributed by atoms with van der Waals surface area (Å²) in [6.45, 7) is 3.18. The molecule has 2 N–H and O–H groups in total. The Hall–Kier alpha value is -0.410. The van der Waals surface area contributed by atoms with Crippen molar-refractivity contribution in [3.63, 3.8) is 0 Å². The molecule has 1 heterocycles. The molecule has 2 rings (SSSR count). The lowest BCUT2D eigenvalue weighted by Gasteiger charge is -2.38. The second kappa shape index (κ2) is 4.84. The molecule has 1 saturated carbocycles. The van der Waals surface area contributed by atoms with Crippen molar-refractivity contribution >= 4 is 5.78 Å². The maximum Gasteiger partial charge on any atom is 0.140 e. The van der Waals surface area contributed by atoms with Crippen LogP contribution in [0.3, 0.4) is 0 Å². The molecule has 16 heavy (non-hydrogen) atoms. The summed E-state index contributed by atoms with van der Waals surface area (Å²) in [5, 5.41) is 0. The molecule has 92 valence electrons. The van der Waals surface area contributed by atoms with E-state index in [1.165, 1.54) is 12.8 Å². The van der Waals surface area contributed by atoms with E-state index in [4.69, 9.17) is 10.5 Å². The van der Waals surface area contributed by atoms with Gasteiger partial charge in [0.1, 0.15) is 5.78 Å². The molecule has 1 aliphatic carbocycles. The van der Waals surface area contributed by atoms with Gasteiger partial charge < -0.3 is 10.5 Å². The van der Waals surface area contributed by atoms with Crippen LogP contribution in [0.4, 0.5) is 0 Å². The van der Waals surface area contributed by atoms with E-state index in [0.717, 1.165) is 32.3 Å². The van der Waals surface area contributed by atoms with Crippen LogP contribution in [0.15, 0.2) is 0 Å². The van der Waals surface area contributed by atoms with Crippen molar-refractivity contribution < 1.29 is 9.53 Å². The third-order valence-electron chi connectivity index (χ3n) is 4.25. The summed E-state index contributed by atoms with van der Waals surface area (Å²) in [6, 6.07) is 0. The fraction of sp³-hybridized carbons (Fsp3) is 0.923. The van der Waals surface area contributed by atoms with E-state index in [0.29, 0.717) is 12.3 Å². The molecule has 2 unspecified atom stereocenters. The van der Waals surface area contributed by atoms with E-state index in [1.54, 1.807) is 0 Å². The lowest BCUT2D eigenvalue weighted by molar-refractivity contribution is -0.139. The number of nitrogens with two attached hydrogens (primary N) is 1. The van der Waals surface area contributed by atoms with Gasteiger partial charge in [-0.1, -0.05) is 19.8 Å². The molecule has 0 amide bonds. The number of Topliss-reactive ketones (excluding diaryl/α,β-unsaturated/α-hetero) is 1. The molecule has 0 aromatic rings. The number of hydrogen-bond donors (Lipinski definition) is 1. The quantitative estimate of drug-likeness (QED) is 0.798. The predicted octanol–water partition coefficient (Wildman–Crippen LogP) is 1.89. The standard InChI is InChI=1S/C13H23NO2/c1-10(9-14)12(15)11-4-7-16-13(8-11)5-2-3-6-13/h10-11H,2-9,14H2,1H3. The summed E-state index contributed by atoms with van der Waals surface area (Å²) < 4.78 is 5.94. The summed E-state index contributed by atoms with van der Waals surface area (Å²) in [6.07, 6.45) is 6.64. The van der Waals surface area contributed by atoms with E-state index in [2.05, 4.69) is 0 Å². The molecule has 0 radical (unpaired) electrons. The number of hydrogen-bond acceptors (Lipinski definition) is 3. The molecule has 0 bridgehead atoms. The Morgan fingerprint density at radius 2 is 2.19 bits per heavy atom. The number of rotatable bonds is 3. The van der Waals surface area contributed by atoms with Gasteiger partial charge in [0.15, 0.2) is 0 Å². The van der Waals surface area contributed by atoms with Crippen LogP contribution in [-0.4, -0.2) is 24.5 Å². The van der Waals surface area contributed by atoms with Crippen molar-refractivity contribution in [3.05, 3.63) is 0 Å². The third kappa shape index (κ3) is 2.30. The SMILES string of the molecule is CC(CN)C(=O)C1CCOC2(CCCC2)C1. The van der Waals surface area contributed by atoms with Crippen LogP contribution in [0.25, 0.3) is 0 Å². The van der Waals surface area contributed by atoms with Crippen LogP contribution in [0.2, 0.25) is 0 Å². The minimum absolute atomic E-state index is 0.0153. The first-order chi connectivity index (χ1) is 7.67. The number of carbonyl (C=O) groups excluding carboxylic acids is 1. The molecule has 3 nitrogen and oxygen atoms in total. The minimum Gasteiger partial charge on any atom is -0.375 e. The molecule has 2 aliphatic rings. The maximum absolute atomic E-state index is 12.1. The van der Waals surface area contributed by atoms with Crippen LogP contribution in [-0.2, 0) is 9.53 Å². The average molecular weight is 225 g/mol. The second-order valence-electron chi connectivity index (χ2n) is 5.47. The fourth-order valence-corrected chi connectivity index (χ4v) is 3.16. The van der Waals surface area contributed by atoms with Crippen molar-refractivity contribution in [3.8, 4) is 0 Å². The van der Waals surface area contributed by atoms with Gasteiger partial charge in [-0.05, 0) is 25.7 Å². The van der Waals surface area contributed by atoms with Gasteiger partial charge in [0.05, 0.1) is 5.60 Å². The highest BCUT2D eigenvalue weighted by Gasteiger charge is 2.42. The van der Waals surface area contributed by atoms with Crippen LogP contribution < -0.4 is 5.73 Å². The topological polar surface area (TPSA) is 52.3 Å². The van der Waals surface area contributed by atoms with Gasteiger partial charge in [0, 0.05) is 25.0 Å². The molecule has 0 aromatic carbocycles. The molecule has 2 atom stereocenters. The van der Waals surface area contributed by atoms with Gasteiger partial charge >= 0.3 is 0 Å². The van der Waals surface area contributed by atoms with Crippen molar-refractivity contribution in [2.75, 3.05) is 13.2 Å². The third-order valence-corrected chi connectivity index (χ3v) is 4.25. The highest BCUT2D eigenvalue weighted by atomic mass is 16.5. The summed E-state index contributed by atoms with van der Waals surface area (Å²) >= 11 is 0. The Labute approximate surface area is 97.7 Å². The number of carbonyl (C=O) groups is 1. The Kier molecular flexibility index (Phi) is 3.65. The highest BCUT2D eigenvalue weighted by Crippen LogP contribution is 2.42. The van der Waals surface area contributed by atoms with Crippen LogP contribution in [0.5, 0.6) is 0 Å². The molecular formula is C13H23NO2. The summed E-state index contributed by atoms with van der Waals surface area (Å²) in [7, 11) is 0. The van der Waals surface area contributed by atoms with Gasteiger partial charge in [-0.2, -0.15) is 0 Å². The monoisotopic (exact) mass is 225 g/mol. The van der Waals surface area contributed by atoms with Gasteiger partial charge in [0.2, 0.25) is 0 Å². The first kappa shape index (κ1) is 12.1. The van der Waals surface area contributed by atoms with E-state index >= 15 is 0 Å². The molecule has 3 heteroatoms. The zero-order chi connectivity index (χ0) is 11.6. The second-order valence-corrected chi connectivity index (χ2v) is 5.47. The zero-order valence-corrected chi connectivity index (χ0v) is 10.2. The van der Waals surface area contributed by atoms with Crippen molar-refractivity contribution in [2.24, 2.45) is 17.6 Å². The first-order valence-corrected chi connectivity index (χ1v) is 6.55. The zero-order valence-electron chi connectivity index (χ0n) is 10.2. The van der Waals surface area contributed by atoms with E-state index in [9.17, 15) is 4.79 Å². The van der Waals surface area contributed by atoms with Gasteiger partial charge in [-0.15, -0.1) is 0 Å². The molecule has 1 saturated heterocycles. The molecule has 1 aliphatic heterocycles. The minimum atomic E-state index is 0.0153. The van der Waals surface area contributed by atoms with Crippen LogP contribution in [0.1, 0.15) is 45.4 Å². The Bertz CT molecular complexity index is 259. The van der Waals surface area contributed by atoms with Crippen molar-refractivity contribution in [1.82, 2.24) is 0 Å². The molecular weight excluding hydrogens is 202 g/mol. The average Bonchev–Trinajstić information content (AvgIpc) is 2.75. The predicted molar refractivity (Wildman–Crippen MR) is 63.1 cm³/mol. The van der Waals surface area contributed by atoms with Crippen molar-refractivity contribution in [2.45, 2.75) is 51.0 Å². The Morgan fingerprint density at radius 1 is 1.50 bits per heavy atom. The Morgan fingerprint density at radius 3 is 2.81 bits per heavy atom. The maximum atomic E-state index is 12.1. The lowest BCUT2D eigenvalue weighted by atomic mass is 9.79. The molecule has 2 fully saturated rings. The lowest BCUT2D eigenvalue weighted by Crippen LogP contribution is -2.41. The first-order valence-electron chi connectivity index (χ1n) is 6.55. The van der Waals surface area contributed by atoms with Gasteiger partial charge in [-0.3, -0.25) is 4.79 Å². The fourth-order valence-electron chi connectivity index (χ4n) is 3.16. The van der Waals surface area contributed by atoms with E-state index < -0.39 is 0 Å². The van der Waals surface area contributed by atoms with Gasteiger partial charge in [0.25, 0.3) is 0 Å². The van der Waals surface area contributed by atoms with Crippen LogP contribution >= 0.6 is 0 Å². The van der Waals surface area contributed by atoms with Crippen molar-refractivity contribution in [1.29, 1.82) is 0 Å². The smallest absolute Gasteiger partial charge is 0.140 e. The largest absolute Gasteiger partial charge is 0.375 e. The van der Waals surface area contributed by atoms with Crippen LogP contribution in [0, 0.1) is 11.8 Å². The normalized spacial score (nSPS) is 30.5. The highest BCUT2D eigenvalue weighted by molar-refractivity contribution is 5.83. The van der Waals surface area contributed by atoms with E-state index in [-0.39, 0.29) is 17.4 Å². The molecule has 0 aromatic heterocycles.